The number of hydrogen-bond acceptors (Lipinski definition) is 5. The Bertz CT molecular complexity index is 1220. The summed E-state index contributed by atoms with van der Waals surface area (Å²) in [5.74, 6) is -0.160. The first-order chi connectivity index (χ1) is 15.0. The Kier molecular flexibility index (Phi) is 6.50. The van der Waals surface area contributed by atoms with Gasteiger partial charge in [-0.3, -0.25) is 14.3 Å². The van der Waals surface area contributed by atoms with Gasteiger partial charge in [-0.1, -0.05) is 35.0 Å². The third-order valence-corrected chi connectivity index (χ3v) is 5.66. The van der Waals surface area contributed by atoms with Crippen LogP contribution in [0.5, 0.6) is 0 Å². The average Bonchev–Trinajstić information content (AvgIpc) is 3.20. The van der Waals surface area contributed by atoms with Gasteiger partial charge in [0.15, 0.2) is 11.0 Å². The van der Waals surface area contributed by atoms with E-state index in [1.807, 2.05) is 28.8 Å². The normalized spacial score (nSPS) is 10.8. The molecular formula is C21H14Cl2FN5OS. The predicted octanol–water partition coefficient (Wildman–Crippen LogP) is 5.51. The van der Waals surface area contributed by atoms with Crippen molar-refractivity contribution in [3.8, 4) is 17.1 Å². The zero-order valence-corrected chi connectivity index (χ0v) is 18.1. The minimum atomic E-state index is -0.547. The maximum absolute atomic E-state index is 13.3. The second kappa shape index (κ2) is 9.47. The van der Waals surface area contributed by atoms with E-state index in [-0.39, 0.29) is 16.7 Å². The molecule has 10 heteroatoms. The molecule has 0 aliphatic carbocycles. The zero-order chi connectivity index (χ0) is 21.8. The Morgan fingerprint density at radius 3 is 2.48 bits per heavy atom. The largest absolute Gasteiger partial charge is 0.325 e. The van der Waals surface area contributed by atoms with Gasteiger partial charge < -0.3 is 5.32 Å². The average molecular weight is 474 g/mol. The fourth-order valence-corrected chi connectivity index (χ4v) is 3.83. The highest BCUT2D eigenvalue weighted by Crippen LogP contribution is 2.28. The highest BCUT2D eigenvalue weighted by atomic mass is 35.5. The number of rotatable bonds is 6. The number of carbonyl (C=O) groups excluding carboxylic acids is 1. The van der Waals surface area contributed by atoms with Gasteiger partial charge in [0.05, 0.1) is 10.8 Å². The first-order valence-corrected chi connectivity index (χ1v) is 10.7. The number of nitrogens with zero attached hydrogens (tertiary/aromatic N) is 4. The van der Waals surface area contributed by atoms with Gasteiger partial charge in [0, 0.05) is 34.4 Å². The van der Waals surface area contributed by atoms with Gasteiger partial charge in [0.2, 0.25) is 5.91 Å². The number of benzene rings is 2. The van der Waals surface area contributed by atoms with Crippen molar-refractivity contribution in [1.29, 1.82) is 0 Å². The van der Waals surface area contributed by atoms with Gasteiger partial charge in [-0.2, -0.15) is 0 Å². The molecule has 4 aromatic rings. The second-order valence-electron chi connectivity index (χ2n) is 6.32. The smallest absolute Gasteiger partial charge is 0.234 e. The molecule has 0 radical (unpaired) electrons. The maximum Gasteiger partial charge on any atom is 0.234 e. The number of aromatic nitrogens is 4. The van der Waals surface area contributed by atoms with E-state index in [1.165, 1.54) is 30.0 Å². The lowest BCUT2D eigenvalue weighted by atomic mass is 10.2. The predicted molar refractivity (Wildman–Crippen MR) is 120 cm³/mol. The van der Waals surface area contributed by atoms with Crippen LogP contribution < -0.4 is 5.32 Å². The molecule has 0 unspecified atom stereocenters. The fraction of sp³-hybridized carbons (Fsp3) is 0.0476. The monoisotopic (exact) mass is 473 g/mol. The van der Waals surface area contributed by atoms with E-state index in [2.05, 4.69) is 20.5 Å². The maximum atomic E-state index is 13.3. The Morgan fingerprint density at radius 2 is 1.77 bits per heavy atom. The van der Waals surface area contributed by atoms with Crippen LogP contribution in [0.1, 0.15) is 0 Å². The molecule has 0 aliphatic heterocycles. The van der Waals surface area contributed by atoms with Crippen molar-refractivity contribution in [2.75, 3.05) is 11.1 Å². The topological polar surface area (TPSA) is 72.7 Å². The summed E-state index contributed by atoms with van der Waals surface area (Å²) in [6, 6.07) is 14.9. The summed E-state index contributed by atoms with van der Waals surface area (Å²) in [7, 11) is 0. The molecule has 4 rings (SSSR count). The third kappa shape index (κ3) is 5.04. The summed E-state index contributed by atoms with van der Waals surface area (Å²) in [4.78, 5) is 16.4. The molecule has 0 bridgehead atoms. The van der Waals surface area contributed by atoms with E-state index >= 15 is 0 Å². The van der Waals surface area contributed by atoms with Crippen LogP contribution in [-0.2, 0) is 4.79 Å². The summed E-state index contributed by atoms with van der Waals surface area (Å²) >= 11 is 13.0. The van der Waals surface area contributed by atoms with Crippen molar-refractivity contribution in [2.24, 2.45) is 0 Å². The van der Waals surface area contributed by atoms with Crippen LogP contribution in [0.2, 0.25) is 10.0 Å². The number of carbonyl (C=O) groups is 1. The fourth-order valence-electron chi connectivity index (χ4n) is 2.78. The number of nitrogens with one attached hydrogen (secondary N) is 1. The number of hydrogen-bond donors (Lipinski definition) is 1. The lowest BCUT2D eigenvalue weighted by Gasteiger charge is -2.11. The van der Waals surface area contributed by atoms with Gasteiger partial charge in [-0.15, -0.1) is 10.2 Å². The van der Waals surface area contributed by atoms with Crippen LogP contribution in [0.3, 0.4) is 0 Å². The molecule has 2 heterocycles. The number of thioether (sulfide) groups is 1. The lowest BCUT2D eigenvalue weighted by molar-refractivity contribution is -0.113. The molecule has 2 aromatic carbocycles. The molecule has 0 saturated carbocycles. The van der Waals surface area contributed by atoms with E-state index < -0.39 is 5.82 Å². The summed E-state index contributed by atoms with van der Waals surface area (Å²) in [5, 5.41) is 12.3. The second-order valence-corrected chi connectivity index (χ2v) is 8.11. The quantitative estimate of drug-likeness (QED) is 0.374. The molecule has 0 atom stereocenters. The first-order valence-electron chi connectivity index (χ1n) is 9.01. The summed E-state index contributed by atoms with van der Waals surface area (Å²) in [6.45, 7) is 0. The van der Waals surface area contributed by atoms with Gasteiger partial charge in [0.1, 0.15) is 5.82 Å². The lowest BCUT2D eigenvalue weighted by Crippen LogP contribution is -2.14. The van der Waals surface area contributed by atoms with Crippen molar-refractivity contribution >= 4 is 46.6 Å². The molecule has 156 valence electrons. The zero-order valence-electron chi connectivity index (χ0n) is 15.8. The van der Waals surface area contributed by atoms with Crippen LogP contribution in [0.4, 0.5) is 10.1 Å². The van der Waals surface area contributed by atoms with Crippen molar-refractivity contribution in [2.45, 2.75) is 5.16 Å². The number of pyridine rings is 1. The molecule has 0 saturated heterocycles. The number of halogens is 3. The van der Waals surface area contributed by atoms with E-state index in [4.69, 9.17) is 23.2 Å². The Balaban J connectivity index is 1.57. The minimum absolute atomic E-state index is 0.0603. The van der Waals surface area contributed by atoms with E-state index in [0.29, 0.717) is 21.7 Å². The molecule has 6 nitrogen and oxygen atoms in total. The molecule has 0 aliphatic rings. The third-order valence-electron chi connectivity index (χ3n) is 4.19. The molecule has 0 spiro atoms. The molecule has 1 amide bonds. The van der Waals surface area contributed by atoms with E-state index in [1.54, 1.807) is 24.5 Å². The van der Waals surface area contributed by atoms with Crippen molar-refractivity contribution in [1.82, 2.24) is 19.7 Å². The Labute approximate surface area is 191 Å². The SMILES string of the molecule is O=C(CSc1nnc(-c2ccncc2)n1-c1ccc(Cl)cc1)Nc1ccc(F)c(Cl)c1. The van der Waals surface area contributed by atoms with Crippen LogP contribution in [-0.4, -0.2) is 31.4 Å². The molecular weight excluding hydrogens is 460 g/mol. The van der Waals surface area contributed by atoms with E-state index in [9.17, 15) is 9.18 Å². The molecule has 0 fully saturated rings. The van der Waals surface area contributed by atoms with Crippen LogP contribution in [0, 0.1) is 5.82 Å². The van der Waals surface area contributed by atoms with Crippen molar-refractivity contribution < 1.29 is 9.18 Å². The number of anilines is 1. The standard InChI is InChI=1S/C21H14Cl2FN5OS/c22-14-1-4-16(5-2-14)29-20(13-7-9-25-10-8-13)27-28-21(29)31-12-19(30)26-15-3-6-18(24)17(23)11-15/h1-11H,12H2,(H,26,30). The van der Waals surface area contributed by atoms with Crippen LogP contribution >= 0.6 is 35.0 Å². The van der Waals surface area contributed by atoms with E-state index in [0.717, 1.165) is 11.3 Å². The highest BCUT2D eigenvalue weighted by molar-refractivity contribution is 7.99. The Hall–Kier alpha value is -2.94. The summed E-state index contributed by atoms with van der Waals surface area (Å²) in [6.07, 6.45) is 3.34. The van der Waals surface area contributed by atoms with Gasteiger partial charge >= 0.3 is 0 Å². The Morgan fingerprint density at radius 1 is 1.03 bits per heavy atom. The van der Waals surface area contributed by atoms with Gasteiger partial charge in [-0.05, 0) is 54.6 Å². The summed E-state index contributed by atoms with van der Waals surface area (Å²) in [5.41, 5.74) is 2.04. The molecule has 1 N–H and O–H groups in total. The molecule has 31 heavy (non-hydrogen) atoms. The van der Waals surface area contributed by atoms with Gasteiger partial charge in [0.25, 0.3) is 0 Å². The minimum Gasteiger partial charge on any atom is -0.325 e. The molecule has 2 aromatic heterocycles. The van der Waals surface area contributed by atoms with Gasteiger partial charge in [-0.25, -0.2) is 4.39 Å². The highest BCUT2D eigenvalue weighted by Gasteiger charge is 2.17. The number of amides is 1. The first kappa shape index (κ1) is 21.3. The van der Waals surface area contributed by atoms with Crippen LogP contribution in [0.15, 0.2) is 72.1 Å². The van der Waals surface area contributed by atoms with Crippen LogP contribution in [0.25, 0.3) is 17.1 Å². The van der Waals surface area contributed by atoms with Crippen molar-refractivity contribution in [3.63, 3.8) is 0 Å². The summed E-state index contributed by atoms with van der Waals surface area (Å²) < 4.78 is 15.1. The van der Waals surface area contributed by atoms with Crippen molar-refractivity contribution in [3.05, 3.63) is 82.9 Å².